The van der Waals surface area contributed by atoms with E-state index < -0.39 is 59.8 Å². The number of non-ortho nitro benzene ring substituents is 2. The van der Waals surface area contributed by atoms with Gasteiger partial charge in [-0.05, 0) is 291 Å². The number of nitrogens with one attached hydrogen (secondary N) is 2. The maximum Gasteiger partial charge on any atom is 1.00 e. The van der Waals surface area contributed by atoms with Gasteiger partial charge in [0.15, 0.2) is 0 Å². The summed E-state index contributed by atoms with van der Waals surface area (Å²) in [6.07, 6.45) is 8.54. The summed E-state index contributed by atoms with van der Waals surface area (Å²) in [7, 11) is -3.31. The van der Waals surface area contributed by atoms with E-state index in [0.29, 0.717) is 59.6 Å². The van der Waals surface area contributed by atoms with Crippen molar-refractivity contribution in [2.45, 2.75) is 279 Å². The zero-order chi connectivity index (χ0) is 106. The Morgan fingerprint density at radius 1 is 0.624 bits per heavy atom. The predicted molar refractivity (Wildman–Crippen MR) is 527 cm³/mol. The van der Waals surface area contributed by atoms with Gasteiger partial charge in [-0.15, -0.1) is 21.5 Å². The number of hydroxylamine groups is 13. The van der Waals surface area contributed by atoms with Crippen molar-refractivity contribution in [3.8, 4) is 35.8 Å². The zero-order valence-electron chi connectivity index (χ0n) is 85.6. The topological polar surface area (TPSA) is 581 Å². The van der Waals surface area contributed by atoms with E-state index in [0.717, 1.165) is 48.9 Å². The van der Waals surface area contributed by atoms with Gasteiger partial charge in [-0.2, -0.15) is 30.3 Å². The van der Waals surface area contributed by atoms with E-state index in [1.165, 1.54) is 117 Å². The molecule has 0 spiro atoms. The summed E-state index contributed by atoms with van der Waals surface area (Å²) in [6.45, 7) is 47.1. The van der Waals surface area contributed by atoms with Crippen LogP contribution in [0.25, 0.3) is 0 Å². The number of nitroso groups, excluding NO2 is 1. The van der Waals surface area contributed by atoms with Crippen molar-refractivity contribution in [2.24, 2.45) is 27.1 Å². The van der Waals surface area contributed by atoms with Crippen molar-refractivity contribution < 1.29 is 206 Å². The Morgan fingerprint density at radius 2 is 0.986 bits per heavy atom. The molecule has 5 aliphatic rings. The number of nitrogens with zero attached hydrogens (tertiary/aromatic N) is 14. The van der Waals surface area contributed by atoms with Gasteiger partial charge in [-0.1, -0.05) is 111 Å². The number of nitro benzene ring substituents is 2. The van der Waals surface area contributed by atoms with Gasteiger partial charge in [-0.3, -0.25) is 56.0 Å². The molecule has 4 heterocycles. The smallest absolute Gasteiger partial charge is 0.784 e. The molecule has 13 N–H and O–H groups in total. The number of para-hydroxylation sites is 2. The minimum atomic E-state index is -4.84. The molecule has 1 saturated carbocycles. The van der Waals surface area contributed by atoms with E-state index >= 15 is 0 Å². The summed E-state index contributed by atoms with van der Waals surface area (Å²) in [5.41, 5.74) is 9.88. The van der Waals surface area contributed by atoms with E-state index in [2.05, 4.69) is 73.9 Å². The van der Waals surface area contributed by atoms with Gasteiger partial charge in [0.05, 0.1) is 58.9 Å². The van der Waals surface area contributed by atoms with E-state index in [-0.39, 0.29) is 167 Å². The molecule has 2 unspecified atom stereocenters. The molecule has 0 aromatic heterocycles. The number of hydrogen-bond acceptors (Lipinski definition) is 33. The Kier molecular flexibility index (Phi) is 52.5. The number of carbonyl (C=O) groups is 1. The third-order valence-electron chi connectivity index (χ3n) is 23.6. The molecule has 141 heavy (non-hydrogen) atoms. The fourth-order valence-electron chi connectivity index (χ4n) is 16.4. The number of benzene rings is 7. The molecule has 764 valence electrons. The molecule has 3 fully saturated rings. The number of rotatable bonds is 15. The van der Waals surface area contributed by atoms with E-state index in [1.54, 1.807) is 58.1 Å². The van der Waals surface area contributed by atoms with Crippen molar-refractivity contribution in [1.82, 2.24) is 30.4 Å². The van der Waals surface area contributed by atoms with Crippen molar-refractivity contribution in [2.75, 3.05) is 22.5 Å². The molecular weight excluding hydrogens is 1910 g/mol. The predicted octanol–water partition coefficient (Wildman–Crippen LogP) is 13.1. The molecule has 0 bridgehead atoms. The number of amides is 1. The Morgan fingerprint density at radius 3 is 1.28 bits per heavy atom. The normalized spacial score (nSPS) is 17.5. The maximum atomic E-state index is 12.4. The van der Waals surface area contributed by atoms with Crippen LogP contribution >= 0.6 is 0 Å². The van der Waals surface area contributed by atoms with Crippen LogP contribution in [-0.4, -0.2) is 199 Å². The molecule has 12 rings (SSSR count). The van der Waals surface area contributed by atoms with E-state index in [1.807, 2.05) is 213 Å². The molecule has 7 aromatic carbocycles. The molecule has 44 heteroatoms. The molecule has 7 aromatic rings. The Hall–Kier alpha value is -8.64. The monoisotopic (exact) mass is 2050 g/mol. The number of ether oxygens (including phenoxy) is 2. The van der Waals surface area contributed by atoms with Crippen molar-refractivity contribution in [3.63, 3.8) is 0 Å². The summed E-state index contributed by atoms with van der Waals surface area (Å²) in [5, 5.41) is 137. The number of aliphatic imine (C=N–C) groups is 1. The quantitative estimate of drug-likeness (QED) is 0.00369. The van der Waals surface area contributed by atoms with Crippen molar-refractivity contribution in [1.29, 1.82) is 10.7 Å². The largest absolute Gasteiger partial charge is 1.00 e. The first kappa shape index (κ1) is 130. The van der Waals surface area contributed by atoms with Gasteiger partial charge in [0.25, 0.3) is 23.7 Å². The molecule has 1 amide bonds. The molecule has 40 nitrogen and oxygen atoms in total. The average Bonchev–Trinajstić information content (AvgIpc) is 1.58. The first-order chi connectivity index (χ1) is 64.0. The molecule has 2 atom stereocenters. The van der Waals surface area contributed by atoms with Gasteiger partial charge < -0.3 is 54.9 Å². The number of fused-ring (bicyclic) bond motifs is 2. The number of guanidine groups is 1. The first-order valence-corrected chi connectivity index (χ1v) is 46.4. The van der Waals surface area contributed by atoms with Gasteiger partial charge in [0.1, 0.15) is 28.8 Å². The fraction of sp³-hybridized carbons (Fsp3) is 0.474. The number of nitrogens with two attached hydrogens (primary N) is 1. The van der Waals surface area contributed by atoms with Gasteiger partial charge in [0, 0.05) is 90.9 Å². The minimum Gasteiger partial charge on any atom is -0.784 e. The summed E-state index contributed by atoms with van der Waals surface area (Å²) >= 11 is -3.11. The SMILES string of the molecule is CC#CC#C/[N+](O)=C(\CC)C(C)(C)N(C)O.CC(C)(C)N(O)C(C)(C)C.CC1(C)C(N)=NC(=N)N1O.CC1(C)C2CCCCC2C(C)(C)N1O.CC1(C)CC(OC(=O)Nc2ccc(Cc3ccc(OC#N)cc3)cc2)CC(C)(C)N1O.CC1(C)c2ccccc2C(C)(C)N1O.O=NS(=O)(=O)[O-].O=S([O-])[O-].O=[N+]([O-])c1ccc(N(O)c2ccc([N+](=O)[O-])cc2)cc1.ON(c1ccccc1)c1ccccc1.[HH].[K+].[K+]. The standard InChI is InChI=1S/C24H29N3O4.C12H9N3O5.C12H19N2O2.C12H23NO.C12H17NO.C12H11NO.C8H19NO.C5H10N4O.2K.HNO4S.H2O3S.H2/c1-23(2)14-21(15-24(3,4)27(23)29)31-22(28)26-19-9-5-17(6-10-19)13-18-7-11-20(12-8-18)30-16-25;16-13(9-1-5-11(6-2-9)14(17)18)10-3-7-12(8-4-10)15(19)20;1-6-8-9-10-14(16)11(7-2)12(3,4)13(5)15;2*1-11(2)9-7-5-6-8-10(9)12(3,4)13(11)14;14-13(11-7-3-1-4-8-11)12-9-5-2-6-10-12;1-7(2,3)9(10)8(4,5)6;1-5(2)3(6)8-4(7)9(5)10;;;2-1-6(3,4)5;1-4(2)3;/h5-12,21,29H,13-15H2,1-4H3,(H,26,28);1-8,16H;15-16H,7H2,1-5H3;9-10,14H,5-8H2,1-4H3;5-8,14H,1-4H3;1-10,14H;10H,1-6H3;10H,1-2H3,(H3,6,7,8);;;(H,3,4,5);(H2,1,2,3);1H/q;;+1;;;;;;2*+1;;;/p-3/b;;14-11-;;;;;;;;;;. The van der Waals surface area contributed by atoms with Crippen molar-refractivity contribution >= 4 is 85.1 Å². The molecule has 4 aliphatic heterocycles. The summed E-state index contributed by atoms with van der Waals surface area (Å²) < 4.78 is 64.7. The molecular formula is C97H139K2N17O23S2. The van der Waals surface area contributed by atoms with Crippen LogP contribution in [0.3, 0.4) is 0 Å². The summed E-state index contributed by atoms with van der Waals surface area (Å²) in [4.78, 5) is 44.6. The summed E-state index contributed by atoms with van der Waals surface area (Å²) in [6, 6.07) is 55.0. The minimum absolute atomic E-state index is 0. The number of nitro groups is 2. The third kappa shape index (κ3) is 39.3. The zero-order valence-corrected chi connectivity index (χ0v) is 93.5. The maximum absolute atomic E-state index is 12.4. The number of hydrogen-bond donors (Lipinski definition) is 12. The van der Waals surface area contributed by atoms with Crippen LogP contribution in [0.4, 0.5) is 44.6 Å². The van der Waals surface area contributed by atoms with Crippen LogP contribution in [0.5, 0.6) is 5.75 Å². The molecule has 1 aliphatic carbocycles. The van der Waals surface area contributed by atoms with Gasteiger partial charge >= 0.3 is 109 Å². The van der Waals surface area contributed by atoms with Crippen LogP contribution in [0.2, 0.25) is 0 Å². The van der Waals surface area contributed by atoms with Gasteiger partial charge in [-0.25, -0.2) is 28.4 Å². The second-order valence-corrected chi connectivity index (χ2v) is 40.4. The molecule has 2 saturated heterocycles. The number of amidine groups is 1. The van der Waals surface area contributed by atoms with Crippen LogP contribution in [0.15, 0.2) is 192 Å². The van der Waals surface area contributed by atoms with Gasteiger partial charge in [0.2, 0.25) is 22.0 Å². The van der Waals surface area contributed by atoms with E-state index in [9.17, 15) is 66.7 Å². The van der Waals surface area contributed by atoms with Crippen LogP contribution in [0.1, 0.15) is 235 Å². The third-order valence-corrected chi connectivity index (χ3v) is 23.7. The Balaban J connectivity index is 0.00000161. The molecule has 0 radical (unpaired) electrons. The fourth-order valence-corrected chi connectivity index (χ4v) is 16.4. The number of carbonyl (C=O) groups excluding carboxylic acids is 1. The average molecular weight is 2050 g/mol. The number of nitriles is 1. The second kappa shape index (κ2) is 56.7. The second-order valence-electron chi connectivity index (χ2n) is 39.0. The Labute approximate surface area is 917 Å². The Bertz CT molecular complexity index is 5380. The number of anilines is 5. The first-order valence-electron chi connectivity index (χ1n) is 44.1. The van der Waals surface area contributed by atoms with Crippen LogP contribution in [-0.2, 0) is 43.9 Å². The summed E-state index contributed by atoms with van der Waals surface area (Å²) in [5.74, 6) is 9.58. The van der Waals surface area contributed by atoms with Crippen molar-refractivity contribution in [3.05, 3.63) is 229 Å². The number of piperidine rings is 1. The van der Waals surface area contributed by atoms with E-state index in [4.69, 9.17) is 62.3 Å². The van der Waals surface area contributed by atoms with Crippen LogP contribution < -0.4 is 129 Å². The van der Waals surface area contributed by atoms with Crippen LogP contribution in [0, 0.1) is 77.7 Å².